The van der Waals surface area contributed by atoms with E-state index in [1.54, 1.807) is 6.07 Å². The van der Waals surface area contributed by atoms with E-state index < -0.39 is 5.60 Å². The number of benzene rings is 3. The van der Waals surface area contributed by atoms with E-state index in [4.69, 9.17) is 21.1 Å². The summed E-state index contributed by atoms with van der Waals surface area (Å²) in [6, 6.07) is 19.7. The molecule has 0 bridgehead atoms. The van der Waals surface area contributed by atoms with Crippen LogP contribution < -0.4 is 10.1 Å². The lowest BCUT2D eigenvalue weighted by Crippen LogP contribution is -2.33. The highest BCUT2D eigenvalue weighted by molar-refractivity contribution is 6.30. The number of carbonyl (C=O) groups excluding carboxylic acids is 1. The molecule has 3 aliphatic rings. The van der Waals surface area contributed by atoms with Gasteiger partial charge >= 0.3 is 5.97 Å². The van der Waals surface area contributed by atoms with Crippen LogP contribution in [0.1, 0.15) is 59.2 Å². The maximum Gasteiger partial charge on any atom is 0.340 e. The maximum absolute atomic E-state index is 12.9. The number of esters is 1. The smallest absolute Gasteiger partial charge is 0.340 e. The molecular weight excluding hydrogens is 410 g/mol. The number of nitrogens with one attached hydrogen (secondary N) is 1. The van der Waals surface area contributed by atoms with Gasteiger partial charge in [0.1, 0.15) is 11.5 Å². The van der Waals surface area contributed by atoms with E-state index >= 15 is 0 Å². The van der Waals surface area contributed by atoms with Gasteiger partial charge in [-0.15, -0.1) is 0 Å². The molecule has 6 rings (SSSR count). The highest BCUT2D eigenvalue weighted by atomic mass is 35.5. The fourth-order valence-electron chi connectivity index (χ4n) is 5.22. The number of fused-ring (bicyclic) bond motifs is 6. The summed E-state index contributed by atoms with van der Waals surface area (Å²) in [5.74, 6) is 0.966. The van der Waals surface area contributed by atoms with Crippen molar-refractivity contribution in [3.05, 3.63) is 87.9 Å². The lowest BCUT2D eigenvalue weighted by molar-refractivity contribution is 0.0224. The van der Waals surface area contributed by atoms with Crippen molar-refractivity contribution in [1.29, 1.82) is 0 Å². The van der Waals surface area contributed by atoms with Gasteiger partial charge in [-0.1, -0.05) is 49.1 Å². The highest BCUT2D eigenvalue weighted by Gasteiger charge is 2.53. The fraction of sp³-hybridized carbons (Fsp3) is 0.269. The normalized spacial score (nSPS) is 21.6. The van der Waals surface area contributed by atoms with Crippen LogP contribution in [-0.2, 0) is 10.3 Å². The van der Waals surface area contributed by atoms with Gasteiger partial charge in [-0.05, 0) is 49.2 Å². The molecule has 2 heterocycles. The fourth-order valence-corrected chi connectivity index (χ4v) is 5.38. The predicted octanol–water partition coefficient (Wildman–Crippen LogP) is 6.65. The Hall–Kier alpha value is -2.98. The van der Waals surface area contributed by atoms with E-state index in [0.717, 1.165) is 22.4 Å². The molecule has 0 amide bonds. The van der Waals surface area contributed by atoms with Crippen LogP contribution >= 0.6 is 11.6 Å². The Balaban J connectivity index is 1.51. The maximum atomic E-state index is 12.9. The Labute approximate surface area is 186 Å². The van der Waals surface area contributed by atoms with Crippen LogP contribution in [0.2, 0.25) is 5.02 Å². The molecule has 3 aromatic carbocycles. The monoisotopic (exact) mass is 431 g/mol. The van der Waals surface area contributed by atoms with Gasteiger partial charge in [0.25, 0.3) is 0 Å². The quantitative estimate of drug-likeness (QED) is 0.461. The molecule has 0 unspecified atom stereocenters. The van der Waals surface area contributed by atoms with Crippen molar-refractivity contribution in [2.75, 3.05) is 5.32 Å². The number of rotatable bonds is 2. The average Bonchev–Trinajstić information content (AvgIpc) is 3.07. The molecule has 1 fully saturated rings. The van der Waals surface area contributed by atoms with Gasteiger partial charge < -0.3 is 14.8 Å². The Morgan fingerprint density at radius 3 is 2.45 bits per heavy atom. The third-order valence-corrected chi connectivity index (χ3v) is 6.89. The molecule has 0 saturated heterocycles. The second kappa shape index (κ2) is 7.03. The van der Waals surface area contributed by atoms with Gasteiger partial charge in [0.05, 0.1) is 5.56 Å². The minimum atomic E-state index is -1.04. The topological polar surface area (TPSA) is 47.6 Å². The molecule has 0 radical (unpaired) electrons. The van der Waals surface area contributed by atoms with E-state index in [-0.39, 0.29) is 5.97 Å². The standard InChI is InChI=1S/C26H22ClNO3/c27-16-10-12-21-23(14-16)30-24-15-18(28-17-6-2-1-3-7-17)11-13-22(24)26(21)20-9-5-4-8-19(20)25(29)31-26/h4-5,8-15,17,28H,1-3,6-7H2/t26-/m0/s1. The molecule has 2 aliphatic heterocycles. The number of hydrogen-bond acceptors (Lipinski definition) is 4. The van der Waals surface area contributed by atoms with Gasteiger partial charge in [0, 0.05) is 39.5 Å². The number of carbonyl (C=O) groups is 1. The molecule has 1 saturated carbocycles. The third kappa shape index (κ3) is 2.85. The van der Waals surface area contributed by atoms with Gasteiger partial charge in [-0.25, -0.2) is 4.79 Å². The molecule has 1 aliphatic carbocycles. The van der Waals surface area contributed by atoms with Crippen molar-refractivity contribution in [3.8, 4) is 11.5 Å². The van der Waals surface area contributed by atoms with Crippen LogP contribution in [-0.4, -0.2) is 12.0 Å². The van der Waals surface area contributed by atoms with Crippen LogP contribution in [0.25, 0.3) is 0 Å². The molecule has 1 N–H and O–H groups in total. The summed E-state index contributed by atoms with van der Waals surface area (Å²) >= 11 is 6.29. The van der Waals surface area contributed by atoms with Crippen molar-refractivity contribution in [3.63, 3.8) is 0 Å². The van der Waals surface area contributed by atoms with E-state index in [2.05, 4.69) is 11.4 Å². The van der Waals surface area contributed by atoms with Crippen molar-refractivity contribution >= 4 is 23.3 Å². The first-order valence-corrected chi connectivity index (χ1v) is 11.2. The van der Waals surface area contributed by atoms with Gasteiger partial charge in [0.15, 0.2) is 5.60 Å². The molecule has 0 aromatic heterocycles. The molecule has 4 nitrogen and oxygen atoms in total. The minimum Gasteiger partial charge on any atom is -0.456 e. The van der Waals surface area contributed by atoms with E-state index in [1.165, 1.54) is 32.1 Å². The first-order valence-electron chi connectivity index (χ1n) is 10.9. The lowest BCUT2D eigenvalue weighted by atomic mass is 9.77. The third-order valence-electron chi connectivity index (χ3n) is 6.65. The zero-order valence-electron chi connectivity index (χ0n) is 17.0. The Morgan fingerprint density at radius 1 is 0.871 bits per heavy atom. The summed E-state index contributed by atoms with van der Waals surface area (Å²) in [4.78, 5) is 12.9. The summed E-state index contributed by atoms with van der Waals surface area (Å²) < 4.78 is 12.5. The first-order chi connectivity index (χ1) is 15.1. The molecule has 156 valence electrons. The number of ether oxygens (including phenoxy) is 2. The van der Waals surface area contributed by atoms with E-state index in [1.807, 2.05) is 48.5 Å². The van der Waals surface area contributed by atoms with E-state index in [9.17, 15) is 4.79 Å². The van der Waals surface area contributed by atoms with E-state index in [0.29, 0.717) is 28.1 Å². The number of halogens is 1. The summed E-state index contributed by atoms with van der Waals surface area (Å²) in [7, 11) is 0. The van der Waals surface area contributed by atoms with Crippen LogP contribution in [0, 0.1) is 0 Å². The summed E-state index contributed by atoms with van der Waals surface area (Å²) in [5, 5.41) is 4.23. The van der Waals surface area contributed by atoms with Crippen LogP contribution in [0.3, 0.4) is 0 Å². The molecular formula is C26H22ClNO3. The first kappa shape index (κ1) is 18.8. The summed E-state index contributed by atoms with van der Waals surface area (Å²) in [6.07, 6.45) is 6.22. The second-order valence-corrected chi connectivity index (χ2v) is 8.99. The zero-order valence-corrected chi connectivity index (χ0v) is 17.7. The van der Waals surface area contributed by atoms with Crippen LogP contribution in [0.5, 0.6) is 11.5 Å². The Morgan fingerprint density at radius 2 is 1.61 bits per heavy atom. The minimum absolute atomic E-state index is 0.325. The Bertz CT molecular complexity index is 1200. The summed E-state index contributed by atoms with van der Waals surface area (Å²) in [5.41, 5.74) is 3.01. The average molecular weight is 432 g/mol. The van der Waals surface area contributed by atoms with Crippen LogP contribution in [0.15, 0.2) is 60.7 Å². The van der Waals surface area contributed by atoms with Gasteiger partial charge in [-0.3, -0.25) is 0 Å². The molecule has 1 atom stereocenters. The van der Waals surface area contributed by atoms with Crippen molar-refractivity contribution in [1.82, 2.24) is 0 Å². The summed E-state index contributed by atoms with van der Waals surface area (Å²) in [6.45, 7) is 0. The second-order valence-electron chi connectivity index (χ2n) is 8.55. The predicted molar refractivity (Wildman–Crippen MR) is 120 cm³/mol. The molecule has 3 aromatic rings. The largest absolute Gasteiger partial charge is 0.456 e. The molecule has 31 heavy (non-hydrogen) atoms. The van der Waals surface area contributed by atoms with Crippen molar-refractivity contribution < 1.29 is 14.3 Å². The Kier molecular flexibility index (Phi) is 4.25. The highest BCUT2D eigenvalue weighted by Crippen LogP contribution is 2.56. The molecule has 1 spiro atoms. The van der Waals surface area contributed by atoms with Gasteiger partial charge in [0.2, 0.25) is 0 Å². The number of anilines is 1. The van der Waals surface area contributed by atoms with Crippen molar-refractivity contribution in [2.45, 2.75) is 43.7 Å². The van der Waals surface area contributed by atoms with Crippen LogP contribution in [0.4, 0.5) is 5.69 Å². The lowest BCUT2D eigenvalue weighted by Gasteiger charge is -2.37. The molecule has 5 heteroatoms. The van der Waals surface area contributed by atoms with Gasteiger partial charge in [-0.2, -0.15) is 0 Å². The SMILES string of the molecule is O=C1O[C@]2(c3ccc(Cl)cc3Oc3cc(NC4CCCCC4)ccc32)c2ccccc21. The zero-order chi connectivity index (χ0) is 21.0. The number of hydrogen-bond donors (Lipinski definition) is 1. The van der Waals surface area contributed by atoms with Crippen molar-refractivity contribution in [2.24, 2.45) is 0 Å².